The molecule has 0 bridgehead atoms. The van der Waals surface area contributed by atoms with Gasteiger partial charge in [-0.3, -0.25) is 0 Å². The highest BCUT2D eigenvalue weighted by Gasteiger charge is 2.51. The fourth-order valence-corrected chi connectivity index (χ4v) is 7.97. The second kappa shape index (κ2) is 7.11. The average molecular weight is 523 g/mol. The molecule has 0 amide bonds. The third kappa shape index (κ3) is 2.70. The molecule has 1 aliphatic heterocycles. The van der Waals surface area contributed by atoms with Crippen LogP contribution in [0.2, 0.25) is 0 Å². The molecule has 0 N–H and O–H groups in total. The first kappa shape index (κ1) is 22.2. The van der Waals surface area contributed by atoms with Crippen LogP contribution in [0.1, 0.15) is 27.7 Å². The first-order valence-electron chi connectivity index (χ1n) is 13.6. The number of aromatic nitrogens is 1. The van der Waals surface area contributed by atoms with Gasteiger partial charge in [-0.1, -0.05) is 72.8 Å². The van der Waals surface area contributed by atoms with Gasteiger partial charge in [-0.05, 0) is 45.3 Å². The van der Waals surface area contributed by atoms with Crippen molar-refractivity contribution in [3.63, 3.8) is 0 Å². The van der Waals surface area contributed by atoms with E-state index in [1.54, 1.807) is 0 Å². The lowest BCUT2D eigenvalue weighted by molar-refractivity contribution is 0.00578. The van der Waals surface area contributed by atoms with Crippen molar-refractivity contribution < 1.29 is 9.31 Å². The molecule has 0 aliphatic carbocycles. The summed E-state index contributed by atoms with van der Waals surface area (Å²) in [5, 5.41) is 10.5. The summed E-state index contributed by atoms with van der Waals surface area (Å²) in [6.07, 6.45) is 0. The van der Waals surface area contributed by atoms with Crippen molar-refractivity contribution in [3.8, 4) is 0 Å². The van der Waals surface area contributed by atoms with Crippen molar-refractivity contribution in [2.75, 3.05) is 0 Å². The SMILES string of the molecule is CC1(C)OB(c2ccc3c(c2)sc2c3ccc3c2ccc2c4cccc5c6ccccc6n(c32)c54)OC1(C)C. The molecular formula is C34H26BNO2S. The summed E-state index contributed by atoms with van der Waals surface area (Å²) in [5.41, 5.74) is 4.27. The first-order chi connectivity index (χ1) is 18.8. The van der Waals surface area contributed by atoms with E-state index < -0.39 is 0 Å². The summed E-state index contributed by atoms with van der Waals surface area (Å²) in [5.74, 6) is 0. The Morgan fingerprint density at radius 1 is 0.590 bits per heavy atom. The number of nitrogens with zero attached hydrogens (tertiary/aromatic N) is 1. The normalized spacial score (nSPS) is 17.4. The fourth-order valence-electron chi connectivity index (χ4n) is 6.69. The molecule has 0 radical (unpaired) electrons. The molecule has 1 aliphatic rings. The van der Waals surface area contributed by atoms with E-state index in [0.717, 1.165) is 5.46 Å². The second-order valence-electron chi connectivity index (χ2n) is 12.0. The van der Waals surface area contributed by atoms with Crippen molar-refractivity contribution >= 4 is 93.0 Å². The Bertz CT molecular complexity index is 2290. The van der Waals surface area contributed by atoms with Crippen LogP contribution in [0, 0.1) is 0 Å². The van der Waals surface area contributed by atoms with Gasteiger partial charge in [-0.25, -0.2) is 0 Å². The van der Waals surface area contributed by atoms with E-state index in [9.17, 15) is 0 Å². The molecule has 9 rings (SSSR count). The van der Waals surface area contributed by atoms with Crippen LogP contribution in [0.5, 0.6) is 0 Å². The average Bonchev–Trinajstić information content (AvgIpc) is 3.63. The topological polar surface area (TPSA) is 22.9 Å². The monoisotopic (exact) mass is 523 g/mol. The summed E-state index contributed by atoms with van der Waals surface area (Å²) in [6.45, 7) is 8.43. The van der Waals surface area contributed by atoms with E-state index >= 15 is 0 Å². The Kier molecular flexibility index (Phi) is 4.05. The maximum Gasteiger partial charge on any atom is 0.494 e. The fraction of sp³-hybridized carbons (Fsp3) is 0.176. The van der Waals surface area contributed by atoms with Gasteiger partial charge in [-0.15, -0.1) is 11.3 Å². The van der Waals surface area contributed by atoms with Gasteiger partial charge in [0.05, 0.1) is 27.8 Å². The summed E-state index contributed by atoms with van der Waals surface area (Å²) in [6, 6.07) is 31.5. The molecule has 0 spiro atoms. The lowest BCUT2D eigenvalue weighted by atomic mass is 9.79. The number of rotatable bonds is 1. The van der Waals surface area contributed by atoms with E-state index in [4.69, 9.17) is 9.31 Å². The molecule has 39 heavy (non-hydrogen) atoms. The Labute approximate surface area is 230 Å². The second-order valence-corrected chi connectivity index (χ2v) is 13.1. The van der Waals surface area contributed by atoms with E-state index in [1.165, 1.54) is 69.0 Å². The van der Waals surface area contributed by atoms with Crippen molar-refractivity contribution in [1.29, 1.82) is 0 Å². The molecular weight excluding hydrogens is 497 g/mol. The maximum absolute atomic E-state index is 6.36. The third-order valence-electron chi connectivity index (χ3n) is 9.36. The zero-order valence-electron chi connectivity index (χ0n) is 22.3. The number of benzene rings is 5. The van der Waals surface area contributed by atoms with Crippen LogP contribution in [0.3, 0.4) is 0 Å². The lowest BCUT2D eigenvalue weighted by Gasteiger charge is -2.32. The predicted molar refractivity (Wildman–Crippen MR) is 167 cm³/mol. The number of fused-ring (bicyclic) bond motifs is 12. The largest absolute Gasteiger partial charge is 0.494 e. The summed E-state index contributed by atoms with van der Waals surface area (Å²) < 4.78 is 17.8. The van der Waals surface area contributed by atoms with Crippen molar-refractivity contribution in [3.05, 3.63) is 84.9 Å². The minimum absolute atomic E-state index is 0.352. The number of thiophene rings is 1. The van der Waals surface area contributed by atoms with Crippen LogP contribution in [0.25, 0.3) is 69.0 Å². The van der Waals surface area contributed by atoms with Crippen molar-refractivity contribution in [1.82, 2.24) is 4.40 Å². The minimum Gasteiger partial charge on any atom is -0.399 e. The Morgan fingerprint density at radius 3 is 1.87 bits per heavy atom. The van der Waals surface area contributed by atoms with Gasteiger partial charge in [0.2, 0.25) is 0 Å². The molecule has 3 aromatic heterocycles. The van der Waals surface area contributed by atoms with Crippen LogP contribution in [-0.4, -0.2) is 22.7 Å². The van der Waals surface area contributed by atoms with Crippen LogP contribution >= 0.6 is 11.3 Å². The molecule has 3 nitrogen and oxygen atoms in total. The zero-order chi connectivity index (χ0) is 26.3. The van der Waals surface area contributed by atoms with Gasteiger partial charge in [0.25, 0.3) is 0 Å². The summed E-state index contributed by atoms with van der Waals surface area (Å²) in [4.78, 5) is 0. The van der Waals surface area contributed by atoms with Crippen LogP contribution < -0.4 is 5.46 Å². The number of para-hydroxylation sites is 2. The molecule has 1 saturated heterocycles. The molecule has 1 fully saturated rings. The molecule has 0 saturated carbocycles. The van der Waals surface area contributed by atoms with Crippen LogP contribution in [-0.2, 0) is 9.31 Å². The van der Waals surface area contributed by atoms with E-state index in [2.05, 4.69) is 117 Å². The van der Waals surface area contributed by atoms with Crippen molar-refractivity contribution in [2.45, 2.75) is 38.9 Å². The molecule has 8 aromatic rings. The van der Waals surface area contributed by atoms with Crippen LogP contribution in [0.15, 0.2) is 84.9 Å². The van der Waals surface area contributed by atoms with Gasteiger partial charge in [0.15, 0.2) is 0 Å². The Hall–Kier alpha value is -3.64. The molecule has 5 heteroatoms. The van der Waals surface area contributed by atoms with Gasteiger partial charge < -0.3 is 13.7 Å². The highest BCUT2D eigenvalue weighted by atomic mass is 32.1. The molecule has 5 aromatic carbocycles. The first-order valence-corrected chi connectivity index (χ1v) is 14.4. The van der Waals surface area contributed by atoms with E-state index in [-0.39, 0.29) is 18.3 Å². The maximum atomic E-state index is 6.36. The number of hydrogen-bond acceptors (Lipinski definition) is 3. The van der Waals surface area contributed by atoms with Gasteiger partial charge in [0, 0.05) is 52.5 Å². The molecule has 4 heterocycles. The minimum atomic E-state index is -0.354. The van der Waals surface area contributed by atoms with E-state index in [0.29, 0.717) is 0 Å². The standard InChI is InChI=1S/C34H26BNO2S/c1-33(2)34(3,4)38-35(37-33)19-12-13-21-26-16-15-25-27(32(26)39-29(21)18-19)17-14-24-23-10-7-9-22-20-8-5-6-11-28(20)36(30(22)23)31(24)25/h5-18H,1-4H3. The van der Waals surface area contributed by atoms with Crippen LogP contribution in [0.4, 0.5) is 0 Å². The lowest BCUT2D eigenvalue weighted by Crippen LogP contribution is -2.41. The quantitative estimate of drug-likeness (QED) is 0.201. The van der Waals surface area contributed by atoms with Gasteiger partial charge >= 0.3 is 7.12 Å². The molecule has 0 unspecified atom stereocenters. The van der Waals surface area contributed by atoms with Gasteiger partial charge in [0.1, 0.15) is 0 Å². The predicted octanol–water partition coefficient (Wildman–Crippen LogP) is 8.66. The zero-order valence-corrected chi connectivity index (χ0v) is 23.1. The Balaban J connectivity index is 1.32. The highest BCUT2D eigenvalue weighted by Crippen LogP contribution is 2.45. The summed E-state index contributed by atoms with van der Waals surface area (Å²) in [7, 11) is -0.354. The van der Waals surface area contributed by atoms with Gasteiger partial charge in [-0.2, -0.15) is 0 Å². The smallest absolute Gasteiger partial charge is 0.399 e. The number of hydrogen-bond donors (Lipinski definition) is 0. The third-order valence-corrected chi connectivity index (χ3v) is 10.6. The Morgan fingerprint density at radius 2 is 1.13 bits per heavy atom. The molecule has 0 atom stereocenters. The van der Waals surface area contributed by atoms with Crippen molar-refractivity contribution in [2.24, 2.45) is 0 Å². The summed E-state index contributed by atoms with van der Waals surface area (Å²) >= 11 is 1.87. The van der Waals surface area contributed by atoms with E-state index in [1.807, 2.05) is 11.3 Å². The highest BCUT2D eigenvalue weighted by molar-refractivity contribution is 7.26. The molecule has 188 valence electrons.